The van der Waals surface area contributed by atoms with Crippen LogP contribution in [-0.4, -0.2) is 41.5 Å². The van der Waals surface area contributed by atoms with Crippen molar-refractivity contribution in [2.45, 2.75) is 40.0 Å². The van der Waals surface area contributed by atoms with Crippen LogP contribution in [0, 0.1) is 12.8 Å². The first-order valence-corrected chi connectivity index (χ1v) is 12.3. The minimum absolute atomic E-state index is 0.0182. The number of halogens is 2. The average molecular weight is 509 g/mol. The molecule has 0 spiro atoms. The summed E-state index contributed by atoms with van der Waals surface area (Å²) in [6, 6.07) is 9.99. The van der Waals surface area contributed by atoms with Gasteiger partial charge >= 0.3 is 0 Å². The van der Waals surface area contributed by atoms with E-state index in [1.165, 1.54) is 12.3 Å². The van der Waals surface area contributed by atoms with E-state index in [-0.39, 0.29) is 17.4 Å². The molecule has 194 valence electrons. The Morgan fingerprint density at radius 2 is 1.97 bits per heavy atom. The van der Waals surface area contributed by atoms with Crippen LogP contribution in [0.3, 0.4) is 0 Å². The SMILES string of the molecule is CCOCC1Cc2cc(-c3cc(NC(=O)c4ccnc(C(C)(F)F)c4)ccc3C)cnc2N(CC)C1=O. The molecule has 3 aromatic rings. The van der Waals surface area contributed by atoms with Crippen LogP contribution in [0.1, 0.15) is 48.0 Å². The summed E-state index contributed by atoms with van der Waals surface area (Å²) >= 11 is 0. The van der Waals surface area contributed by atoms with Crippen molar-refractivity contribution in [2.75, 3.05) is 30.0 Å². The molecule has 1 unspecified atom stereocenters. The van der Waals surface area contributed by atoms with Gasteiger partial charge in [0.15, 0.2) is 0 Å². The van der Waals surface area contributed by atoms with Crippen molar-refractivity contribution in [1.29, 1.82) is 0 Å². The molecule has 2 amide bonds. The summed E-state index contributed by atoms with van der Waals surface area (Å²) < 4.78 is 32.9. The molecule has 37 heavy (non-hydrogen) atoms. The van der Waals surface area contributed by atoms with Gasteiger partial charge in [-0.15, -0.1) is 0 Å². The highest BCUT2D eigenvalue weighted by molar-refractivity contribution is 6.04. The van der Waals surface area contributed by atoms with Crippen molar-refractivity contribution >= 4 is 23.3 Å². The van der Waals surface area contributed by atoms with Gasteiger partial charge < -0.3 is 10.1 Å². The molecular weight excluding hydrogens is 478 g/mol. The zero-order chi connectivity index (χ0) is 26.7. The zero-order valence-corrected chi connectivity index (χ0v) is 21.3. The molecule has 1 aromatic carbocycles. The summed E-state index contributed by atoms with van der Waals surface area (Å²) in [7, 11) is 0. The van der Waals surface area contributed by atoms with Gasteiger partial charge in [-0.1, -0.05) is 6.07 Å². The fraction of sp³-hybridized carbons (Fsp3) is 0.357. The number of aromatic nitrogens is 2. The maximum Gasteiger partial charge on any atom is 0.286 e. The van der Waals surface area contributed by atoms with Crippen molar-refractivity contribution in [1.82, 2.24) is 9.97 Å². The number of fused-ring (bicyclic) bond motifs is 1. The lowest BCUT2D eigenvalue weighted by Crippen LogP contribution is -2.43. The third-order valence-corrected chi connectivity index (χ3v) is 6.40. The van der Waals surface area contributed by atoms with E-state index in [9.17, 15) is 18.4 Å². The second kappa shape index (κ2) is 10.7. The molecule has 0 fully saturated rings. The Morgan fingerprint density at radius 3 is 2.68 bits per heavy atom. The Morgan fingerprint density at radius 1 is 1.19 bits per heavy atom. The Kier molecular flexibility index (Phi) is 7.63. The smallest absolute Gasteiger partial charge is 0.286 e. The van der Waals surface area contributed by atoms with Crippen molar-refractivity contribution in [3.05, 3.63) is 71.2 Å². The van der Waals surface area contributed by atoms with Crippen molar-refractivity contribution in [3.63, 3.8) is 0 Å². The summed E-state index contributed by atoms with van der Waals surface area (Å²) in [4.78, 5) is 35.7. The van der Waals surface area contributed by atoms with E-state index in [1.807, 2.05) is 39.0 Å². The van der Waals surface area contributed by atoms with Crippen LogP contribution >= 0.6 is 0 Å². The zero-order valence-electron chi connectivity index (χ0n) is 21.3. The number of carbonyl (C=O) groups is 2. The second-order valence-electron chi connectivity index (χ2n) is 9.15. The quantitative estimate of drug-likeness (QED) is 0.442. The van der Waals surface area contributed by atoms with E-state index in [1.54, 1.807) is 17.2 Å². The molecule has 0 radical (unpaired) electrons. The Balaban J connectivity index is 1.62. The number of nitrogens with one attached hydrogen (secondary N) is 1. The number of amides is 2. The monoisotopic (exact) mass is 508 g/mol. The fourth-order valence-electron chi connectivity index (χ4n) is 4.44. The molecule has 0 aliphatic carbocycles. The number of hydrogen-bond donors (Lipinski definition) is 1. The molecule has 9 heteroatoms. The number of carbonyl (C=O) groups excluding carboxylic acids is 2. The molecule has 4 rings (SSSR count). The fourth-order valence-corrected chi connectivity index (χ4v) is 4.44. The minimum Gasteiger partial charge on any atom is -0.381 e. The van der Waals surface area contributed by atoms with Gasteiger partial charge in [0.1, 0.15) is 11.5 Å². The van der Waals surface area contributed by atoms with Crippen LogP contribution in [0.25, 0.3) is 11.1 Å². The van der Waals surface area contributed by atoms with E-state index in [0.29, 0.717) is 37.7 Å². The van der Waals surface area contributed by atoms with Gasteiger partial charge in [0, 0.05) is 49.3 Å². The lowest BCUT2D eigenvalue weighted by atomic mass is 9.91. The van der Waals surface area contributed by atoms with Crippen molar-refractivity contribution in [2.24, 2.45) is 5.92 Å². The lowest BCUT2D eigenvalue weighted by molar-refractivity contribution is -0.124. The lowest BCUT2D eigenvalue weighted by Gasteiger charge is -2.32. The highest BCUT2D eigenvalue weighted by atomic mass is 19.3. The van der Waals surface area contributed by atoms with Gasteiger partial charge in [-0.25, -0.2) is 4.98 Å². The van der Waals surface area contributed by atoms with Crippen molar-refractivity contribution in [3.8, 4) is 11.1 Å². The molecular formula is C28H30F2N4O3. The van der Waals surface area contributed by atoms with E-state index in [0.717, 1.165) is 35.2 Å². The highest BCUT2D eigenvalue weighted by Gasteiger charge is 2.33. The van der Waals surface area contributed by atoms with Gasteiger partial charge in [-0.3, -0.25) is 19.5 Å². The van der Waals surface area contributed by atoms with Crippen LogP contribution in [0.2, 0.25) is 0 Å². The predicted octanol–water partition coefficient (Wildman–Crippen LogP) is 5.38. The number of hydrogen-bond acceptors (Lipinski definition) is 5. The largest absolute Gasteiger partial charge is 0.381 e. The Hall–Kier alpha value is -3.72. The second-order valence-corrected chi connectivity index (χ2v) is 9.15. The third-order valence-electron chi connectivity index (χ3n) is 6.40. The standard InChI is InChI=1S/C28H30F2N4O3/c1-5-34-25-19(12-21(27(34)36)16-37-6-2)11-20(15-32-25)23-14-22(8-7-17(23)3)33-26(35)18-9-10-31-24(13-18)28(4,29)30/h7-11,13-15,21H,5-6,12,16H2,1-4H3,(H,33,35). The molecule has 2 aromatic heterocycles. The number of rotatable bonds is 8. The van der Waals surface area contributed by atoms with Crippen LogP contribution in [0.15, 0.2) is 48.8 Å². The van der Waals surface area contributed by atoms with E-state index in [2.05, 4.69) is 15.3 Å². The molecule has 0 saturated carbocycles. The Bertz CT molecular complexity index is 1320. The van der Waals surface area contributed by atoms with Crippen molar-refractivity contribution < 1.29 is 23.1 Å². The van der Waals surface area contributed by atoms with Crippen LogP contribution in [-0.2, 0) is 21.9 Å². The van der Waals surface area contributed by atoms with Crippen LogP contribution in [0.5, 0.6) is 0 Å². The number of alkyl halides is 2. The van der Waals surface area contributed by atoms with E-state index in [4.69, 9.17) is 4.74 Å². The number of benzene rings is 1. The summed E-state index contributed by atoms with van der Waals surface area (Å²) in [5.41, 5.74) is 3.80. The van der Waals surface area contributed by atoms with Gasteiger partial charge in [-0.2, -0.15) is 8.78 Å². The van der Waals surface area contributed by atoms with E-state index < -0.39 is 17.5 Å². The highest BCUT2D eigenvalue weighted by Crippen LogP contribution is 2.34. The molecule has 1 aliphatic rings. The first-order chi connectivity index (χ1) is 17.6. The summed E-state index contributed by atoms with van der Waals surface area (Å²) in [5, 5.41) is 2.79. The first kappa shape index (κ1) is 26.3. The maximum atomic E-state index is 13.7. The number of aryl methyl sites for hydroxylation is 1. The molecule has 7 nitrogen and oxygen atoms in total. The van der Waals surface area contributed by atoms with Crippen LogP contribution in [0.4, 0.5) is 20.3 Å². The normalized spacial score (nSPS) is 15.5. The average Bonchev–Trinajstić information content (AvgIpc) is 2.88. The number of pyridine rings is 2. The number of anilines is 2. The van der Waals surface area contributed by atoms with Gasteiger partial charge in [-0.05, 0) is 74.2 Å². The number of nitrogens with zero attached hydrogens (tertiary/aromatic N) is 3. The van der Waals surface area contributed by atoms with Gasteiger partial charge in [0.25, 0.3) is 11.8 Å². The summed E-state index contributed by atoms with van der Waals surface area (Å²) in [5.74, 6) is -3.25. The van der Waals surface area contributed by atoms with Crippen LogP contribution < -0.4 is 10.2 Å². The third kappa shape index (κ3) is 5.67. The first-order valence-electron chi connectivity index (χ1n) is 12.3. The summed E-state index contributed by atoms with van der Waals surface area (Å²) in [6.07, 6.45) is 3.46. The van der Waals surface area contributed by atoms with Gasteiger partial charge in [0.05, 0.1) is 12.5 Å². The maximum absolute atomic E-state index is 13.7. The topological polar surface area (TPSA) is 84.4 Å². The summed E-state index contributed by atoms with van der Waals surface area (Å²) in [6.45, 7) is 7.94. The Labute approximate surface area is 214 Å². The molecule has 1 atom stereocenters. The van der Waals surface area contributed by atoms with E-state index >= 15 is 0 Å². The molecule has 0 bridgehead atoms. The molecule has 1 aliphatic heterocycles. The predicted molar refractivity (Wildman–Crippen MR) is 138 cm³/mol. The van der Waals surface area contributed by atoms with Gasteiger partial charge in [0.2, 0.25) is 5.91 Å². The molecule has 0 saturated heterocycles. The minimum atomic E-state index is -3.15. The number of ether oxygens (including phenoxy) is 1. The molecule has 1 N–H and O–H groups in total. The molecule has 3 heterocycles.